The highest BCUT2D eigenvalue weighted by Gasteiger charge is 2.39. The molecule has 1 heterocycles. The highest BCUT2D eigenvalue weighted by atomic mass is 16.2. The van der Waals surface area contributed by atoms with Crippen molar-refractivity contribution in [2.24, 2.45) is 11.8 Å². The zero-order valence-corrected chi connectivity index (χ0v) is 17.9. The summed E-state index contributed by atoms with van der Waals surface area (Å²) in [6, 6.07) is 19.9. The number of anilines is 3. The third-order valence-electron chi connectivity index (χ3n) is 6.02. The Balaban J connectivity index is 1.28. The van der Waals surface area contributed by atoms with Crippen molar-refractivity contribution in [3.05, 3.63) is 89.5 Å². The predicted octanol–water partition coefficient (Wildman–Crippen LogP) is 4.33. The summed E-state index contributed by atoms with van der Waals surface area (Å²) in [6.07, 6.45) is 0.909. The van der Waals surface area contributed by atoms with Gasteiger partial charge in [-0.15, -0.1) is 0 Å². The number of carbonyl (C=O) groups excluding carboxylic acids is 4. The summed E-state index contributed by atoms with van der Waals surface area (Å²) >= 11 is 0. The van der Waals surface area contributed by atoms with Crippen molar-refractivity contribution < 1.29 is 19.2 Å². The van der Waals surface area contributed by atoms with Crippen molar-refractivity contribution >= 4 is 40.7 Å². The van der Waals surface area contributed by atoms with Gasteiger partial charge in [0.15, 0.2) is 0 Å². The summed E-state index contributed by atoms with van der Waals surface area (Å²) in [5, 5.41) is 5.66. The van der Waals surface area contributed by atoms with Crippen LogP contribution in [0.15, 0.2) is 72.8 Å². The molecule has 33 heavy (non-hydrogen) atoms. The molecule has 2 atom stereocenters. The second-order valence-electron chi connectivity index (χ2n) is 8.38. The largest absolute Gasteiger partial charge is 0.326 e. The Morgan fingerprint density at radius 2 is 1.45 bits per heavy atom. The van der Waals surface area contributed by atoms with Crippen molar-refractivity contribution in [2.45, 2.75) is 13.3 Å². The minimum absolute atomic E-state index is 0.00433. The second kappa shape index (κ2) is 8.02. The molecule has 3 aromatic rings. The molecular formula is C26H21N3O4. The Morgan fingerprint density at radius 1 is 0.818 bits per heavy atom. The average molecular weight is 439 g/mol. The zero-order valence-electron chi connectivity index (χ0n) is 17.9. The van der Waals surface area contributed by atoms with Crippen LogP contribution in [0.2, 0.25) is 0 Å². The molecule has 0 radical (unpaired) electrons. The molecule has 0 saturated heterocycles. The summed E-state index contributed by atoms with van der Waals surface area (Å²) in [6.45, 7) is 2.04. The van der Waals surface area contributed by atoms with Crippen LogP contribution < -0.4 is 15.5 Å². The van der Waals surface area contributed by atoms with Crippen LogP contribution in [0.3, 0.4) is 0 Å². The summed E-state index contributed by atoms with van der Waals surface area (Å²) in [5.41, 5.74) is 2.61. The molecule has 2 N–H and O–H groups in total. The number of imide groups is 1. The Hall–Kier alpha value is -4.26. The lowest BCUT2D eigenvalue weighted by Crippen LogP contribution is -2.29. The van der Waals surface area contributed by atoms with Gasteiger partial charge in [0.05, 0.1) is 16.8 Å². The van der Waals surface area contributed by atoms with E-state index in [4.69, 9.17) is 0 Å². The van der Waals surface area contributed by atoms with Gasteiger partial charge < -0.3 is 10.6 Å². The number of hydrogen-bond donors (Lipinski definition) is 2. The van der Waals surface area contributed by atoms with Crippen LogP contribution in [-0.2, 0) is 4.79 Å². The molecule has 4 amide bonds. The van der Waals surface area contributed by atoms with E-state index in [9.17, 15) is 19.2 Å². The normalized spacial score (nSPS) is 18.6. The van der Waals surface area contributed by atoms with Gasteiger partial charge in [-0.2, -0.15) is 0 Å². The number of rotatable bonds is 5. The number of amides is 4. The van der Waals surface area contributed by atoms with Crippen molar-refractivity contribution in [3.8, 4) is 0 Å². The average Bonchev–Trinajstić information content (AvgIpc) is 3.50. The molecular weight excluding hydrogens is 418 g/mol. The Labute approximate surface area is 190 Å². The van der Waals surface area contributed by atoms with E-state index in [1.165, 1.54) is 0 Å². The molecule has 2 aliphatic rings. The lowest BCUT2D eigenvalue weighted by molar-refractivity contribution is -0.117. The summed E-state index contributed by atoms with van der Waals surface area (Å²) in [7, 11) is 0. The summed E-state index contributed by atoms with van der Waals surface area (Å²) in [4.78, 5) is 51.3. The van der Waals surface area contributed by atoms with Gasteiger partial charge in [0, 0.05) is 22.9 Å². The highest BCUT2D eigenvalue weighted by molar-refractivity contribution is 6.34. The summed E-state index contributed by atoms with van der Waals surface area (Å²) < 4.78 is 0. The molecule has 0 spiro atoms. The van der Waals surface area contributed by atoms with Crippen LogP contribution in [0.4, 0.5) is 17.1 Å². The van der Waals surface area contributed by atoms with Gasteiger partial charge in [-0.3, -0.25) is 19.2 Å². The molecule has 0 bridgehead atoms. The Kier molecular flexibility index (Phi) is 5.01. The van der Waals surface area contributed by atoms with Gasteiger partial charge in [0.2, 0.25) is 5.91 Å². The lowest BCUT2D eigenvalue weighted by atomic mass is 10.1. The molecule has 5 rings (SSSR count). The zero-order chi connectivity index (χ0) is 23.1. The molecule has 1 aliphatic heterocycles. The van der Waals surface area contributed by atoms with Crippen molar-refractivity contribution in [1.82, 2.24) is 0 Å². The van der Waals surface area contributed by atoms with Crippen LogP contribution in [0.5, 0.6) is 0 Å². The van der Waals surface area contributed by atoms with E-state index >= 15 is 0 Å². The van der Waals surface area contributed by atoms with Gasteiger partial charge in [0.25, 0.3) is 17.7 Å². The standard InChI is InChI=1S/C26H21N3O4/c1-15-13-22(15)24(31)27-17-11-9-16(10-12-17)23(30)28-18-5-4-6-19(14-18)29-25(32)20-7-2-3-8-21(20)26(29)33/h2-12,14-15,22H,13H2,1H3,(H,27,31)(H,28,30). The Morgan fingerprint density at radius 3 is 2.06 bits per heavy atom. The number of nitrogens with zero attached hydrogens (tertiary/aromatic N) is 1. The third kappa shape index (κ3) is 3.89. The fourth-order valence-electron chi connectivity index (χ4n) is 3.98. The van der Waals surface area contributed by atoms with Crippen molar-refractivity contribution in [2.75, 3.05) is 15.5 Å². The first kappa shape index (κ1) is 20.6. The molecule has 0 aromatic heterocycles. The van der Waals surface area contributed by atoms with Gasteiger partial charge in [-0.25, -0.2) is 4.90 Å². The van der Waals surface area contributed by atoms with E-state index < -0.39 is 11.8 Å². The van der Waals surface area contributed by atoms with Crippen LogP contribution in [0.1, 0.15) is 44.4 Å². The van der Waals surface area contributed by atoms with Gasteiger partial charge in [-0.05, 0) is 66.9 Å². The molecule has 1 saturated carbocycles. The van der Waals surface area contributed by atoms with E-state index in [1.807, 2.05) is 6.92 Å². The topological polar surface area (TPSA) is 95.6 Å². The first-order valence-corrected chi connectivity index (χ1v) is 10.7. The van der Waals surface area contributed by atoms with Crippen molar-refractivity contribution in [1.29, 1.82) is 0 Å². The fraction of sp³-hybridized carbons (Fsp3) is 0.154. The van der Waals surface area contributed by atoms with E-state index in [-0.39, 0.29) is 17.7 Å². The number of benzene rings is 3. The SMILES string of the molecule is CC1CC1C(=O)Nc1ccc(C(=O)Nc2cccc(N3C(=O)c4ccccc4C3=O)c2)cc1. The van der Waals surface area contributed by atoms with E-state index in [2.05, 4.69) is 10.6 Å². The van der Waals surface area contributed by atoms with Crippen LogP contribution in [0.25, 0.3) is 0 Å². The lowest BCUT2D eigenvalue weighted by Gasteiger charge is -2.15. The van der Waals surface area contributed by atoms with Crippen molar-refractivity contribution in [3.63, 3.8) is 0 Å². The third-order valence-corrected chi connectivity index (χ3v) is 6.02. The maximum absolute atomic E-state index is 12.7. The van der Waals surface area contributed by atoms with Gasteiger partial charge in [0.1, 0.15) is 0 Å². The van der Waals surface area contributed by atoms with Gasteiger partial charge >= 0.3 is 0 Å². The molecule has 1 fully saturated rings. The molecule has 7 heteroatoms. The number of nitrogens with one attached hydrogen (secondary N) is 2. The molecule has 7 nitrogen and oxygen atoms in total. The molecule has 3 aromatic carbocycles. The van der Waals surface area contributed by atoms with Crippen LogP contribution in [-0.4, -0.2) is 23.6 Å². The first-order valence-electron chi connectivity index (χ1n) is 10.7. The summed E-state index contributed by atoms with van der Waals surface area (Å²) in [5.74, 6) is -0.629. The fourth-order valence-corrected chi connectivity index (χ4v) is 3.98. The molecule has 2 unspecified atom stereocenters. The predicted molar refractivity (Wildman–Crippen MR) is 124 cm³/mol. The Bertz CT molecular complexity index is 1260. The van der Waals surface area contributed by atoms with E-state index in [0.29, 0.717) is 39.7 Å². The van der Waals surface area contributed by atoms with E-state index in [0.717, 1.165) is 11.3 Å². The smallest absolute Gasteiger partial charge is 0.266 e. The van der Waals surface area contributed by atoms with Crippen LogP contribution >= 0.6 is 0 Å². The quantitative estimate of drug-likeness (QED) is 0.579. The maximum atomic E-state index is 12.7. The second-order valence-corrected chi connectivity index (χ2v) is 8.38. The highest BCUT2D eigenvalue weighted by Crippen LogP contribution is 2.38. The number of carbonyl (C=O) groups is 4. The minimum Gasteiger partial charge on any atom is -0.326 e. The minimum atomic E-state index is -0.391. The number of hydrogen-bond acceptors (Lipinski definition) is 4. The number of fused-ring (bicyclic) bond motifs is 1. The van der Waals surface area contributed by atoms with Gasteiger partial charge in [-0.1, -0.05) is 25.1 Å². The maximum Gasteiger partial charge on any atom is 0.266 e. The molecule has 1 aliphatic carbocycles. The van der Waals surface area contributed by atoms with Crippen LogP contribution in [0, 0.1) is 11.8 Å². The monoisotopic (exact) mass is 439 g/mol. The first-order chi connectivity index (χ1) is 15.9. The molecule has 164 valence electrons. The van der Waals surface area contributed by atoms with E-state index in [1.54, 1.807) is 72.8 Å².